The third-order valence-corrected chi connectivity index (χ3v) is 6.98. The minimum Gasteiger partial charge on any atom is -0.491 e. The molecule has 3 aromatic heterocycles. The topological polar surface area (TPSA) is 118 Å². The maximum atomic E-state index is 15.3. The van der Waals surface area contributed by atoms with E-state index in [0.29, 0.717) is 18.2 Å². The lowest BCUT2D eigenvalue weighted by Gasteiger charge is -2.39. The second-order valence-electron chi connectivity index (χ2n) is 10.2. The van der Waals surface area contributed by atoms with Gasteiger partial charge in [0.05, 0.1) is 49.2 Å². The SMILES string of the molecule is COc1cnc(-c2cc3ccn(CCC[C@H](C)Nc4cn[nH]c(=O)c4C(F)(F)F)c(=O)c3cc2F)nc1N1CC(F)(F)C1. The molecule has 16 heteroatoms. The van der Waals surface area contributed by atoms with E-state index in [4.69, 9.17) is 4.74 Å². The van der Waals surface area contributed by atoms with E-state index in [0.717, 1.165) is 12.3 Å². The number of aromatic nitrogens is 5. The smallest absolute Gasteiger partial charge is 0.423 e. The monoisotopic (exact) mass is 609 g/mol. The Balaban J connectivity index is 1.31. The van der Waals surface area contributed by atoms with Gasteiger partial charge in [-0.15, -0.1) is 0 Å². The zero-order valence-corrected chi connectivity index (χ0v) is 22.8. The van der Waals surface area contributed by atoms with Crippen molar-refractivity contribution in [2.45, 2.75) is 44.5 Å². The molecule has 1 fully saturated rings. The minimum atomic E-state index is -4.87. The van der Waals surface area contributed by atoms with Crippen LogP contribution in [0, 0.1) is 5.82 Å². The highest BCUT2D eigenvalue weighted by molar-refractivity contribution is 5.86. The highest BCUT2D eigenvalue weighted by Gasteiger charge is 2.45. The summed E-state index contributed by atoms with van der Waals surface area (Å²) >= 11 is 0. The lowest BCUT2D eigenvalue weighted by atomic mass is 10.1. The molecule has 1 aliphatic heterocycles. The predicted molar refractivity (Wildman–Crippen MR) is 145 cm³/mol. The van der Waals surface area contributed by atoms with Crippen LogP contribution in [0.15, 0.2) is 46.4 Å². The van der Waals surface area contributed by atoms with Crippen LogP contribution in [0.3, 0.4) is 0 Å². The number of fused-ring (bicyclic) bond motifs is 1. The van der Waals surface area contributed by atoms with Gasteiger partial charge in [-0.1, -0.05) is 0 Å². The van der Waals surface area contributed by atoms with Gasteiger partial charge in [0.2, 0.25) is 0 Å². The summed E-state index contributed by atoms with van der Waals surface area (Å²) in [6, 6.07) is 3.54. The first-order chi connectivity index (χ1) is 20.3. The van der Waals surface area contributed by atoms with Gasteiger partial charge in [-0.2, -0.15) is 18.3 Å². The molecule has 1 aromatic carbocycles. The number of nitrogens with zero attached hydrogens (tertiary/aromatic N) is 5. The van der Waals surface area contributed by atoms with E-state index in [9.17, 15) is 31.5 Å². The summed E-state index contributed by atoms with van der Waals surface area (Å²) in [4.78, 5) is 34.4. The molecule has 10 nitrogen and oxygen atoms in total. The second kappa shape index (κ2) is 11.2. The van der Waals surface area contributed by atoms with Crippen molar-refractivity contribution in [2.24, 2.45) is 0 Å². The van der Waals surface area contributed by atoms with E-state index in [1.54, 1.807) is 18.1 Å². The van der Waals surface area contributed by atoms with Crippen LogP contribution in [0.4, 0.5) is 37.8 Å². The fraction of sp³-hybridized carbons (Fsp3) is 0.370. The highest BCUT2D eigenvalue weighted by atomic mass is 19.4. The van der Waals surface area contributed by atoms with Gasteiger partial charge >= 0.3 is 6.18 Å². The Bertz CT molecular complexity index is 1780. The molecule has 5 rings (SSSR count). The Labute approximate surface area is 239 Å². The number of benzene rings is 1. The Morgan fingerprint density at radius 3 is 2.60 bits per heavy atom. The molecule has 1 atom stereocenters. The quantitative estimate of drug-likeness (QED) is 0.268. The lowest BCUT2D eigenvalue weighted by molar-refractivity contribution is -0.138. The first-order valence-corrected chi connectivity index (χ1v) is 13.1. The number of halogens is 6. The molecule has 4 heterocycles. The highest BCUT2D eigenvalue weighted by Crippen LogP contribution is 2.37. The predicted octanol–water partition coefficient (Wildman–Crippen LogP) is 4.44. The molecule has 0 unspecified atom stereocenters. The van der Waals surface area contributed by atoms with E-state index in [2.05, 4.69) is 20.4 Å². The molecule has 0 saturated carbocycles. The summed E-state index contributed by atoms with van der Waals surface area (Å²) < 4.78 is 88.5. The number of H-pyrrole nitrogens is 1. The zero-order valence-electron chi connectivity index (χ0n) is 22.8. The molecule has 4 aromatic rings. The number of alkyl halides is 5. The number of anilines is 2. The Morgan fingerprint density at radius 2 is 1.93 bits per heavy atom. The number of methoxy groups -OCH3 is 1. The molecule has 43 heavy (non-hydrogen) atoms. The zero-order chi connectivity index (χ0) is 31.1. The number of rotatable bonds is 9. The van der Waals surface area contributed by atoms with Crippen LogP contribution < -0.4 is 26.1 Å². The lowest BCUT2D eigenvalue weighted by Crippen LogP contribution is -2.56. The summed E-state index contributed by atoms with van der Waals surface area (Å²) in [5.41, 5.74) is -3.70. The summed E-state index contributed by atoms with van der Waals surface area (Å²) in [6.45, 7) is 0.690. The molecule has 1 saturated heterocycles. The summed E-state index contributed by atoms with van der Waals surface area (Å²) in [5, 5.41) is 8.32. The van der Waals surface area contributed by atoms with Gasteiger partial charge in [-0.05, 0) is 43.4 Å². The van der Waals surface area contributed by atoms with Crippen molar-refractivity contribution in [1.29, 1.82) is 0 Å². The van der Waals surface area contributed by atoms with Crippen molar-refractivity contribution in [3.63, 3.8) is 0 Å². The van der Waals surface area contributed by atoms with Crippen molar-refractivity contribution in [1.82, 2.24) is 24.7 Å². The standard InChI is InChI=1S/C27H25F6N7O3/c1-14(36-19-10-35-38-24(41)21(19)27(31,32)33)4-3-6-39-7-5-15-8-17(18(28)9-16(15)25(39)42)22-34-11-20(43-2)23(37-22)40-12-26(29,30)13-40/h5,7-11,14H,3-4,6,12-13H2,1-2H3,(H2,36,38,41)/t14-/m0/s1. The van der Waals surface area contributed by atoms with E-state index < -0.39 is 59.4 Å². The van der Waals surface area contributed by atoms with Gasteiger partial charge in [0.1, 0.15) is 11.4 Å². The third kappa shape index (κ3) is 6.12. The molecule has 1 aliphatic rings. The van der Waals surface area contributed by atoms with Crippen LogP contribution in [0.5, 0.6) is 5.75 Å². The number of pyridine rings is 1. The average Bonchev–Trinajstić information content (AvgIpc) is 2.92. The maximum Gasteiger partial charge on any atom is 0.423 e. The van der Waals surface area contributed by atoms with Gasteiger partial charge in [0, 0.05) is 18.8 Å². The maximum absolute atomic E-state index is 15.3. The van der Waals surface area contributed by atoms with E-state index in [1.165, 1.54) is 35.0 Å². The molecule has 2 N–H and O–H groups in total. The fourth-order valence-electron chi connectivity index (χ4n) is 4.87. The molecule has 228 valence electrons. The number of aromatic amines is 1. The van der Waals surface area contributed by atoms with E-state index in [-0.39, 0.29) is 34.9 Å². The van der Waals surface area contributed by atoms with Gasteiger partial charge in [-0.3, -0.25) is 9.59 Å². The van der Waals surface area contributed by atoms with Crippen molar-refractivity contribution >= 4 is 22.3 Å². The first kappa shape index (κ1) is 29.8. The first-order valence-electron chi connectivity index (χ1n) is 13.1. The average molecular weight is 610 g/mol. The van der Waals surface area contributed by atoms with Crippen LogP contribution in [0.2, 0.25) is 0 Å². The summed E-state index contributed by atoms with van der Waals surface area (Å²) in [7, 11) is 1.34. The Morgan fingerprint density at radius 1 is 1.19 bits per heavy atom. The normalized spacial score (nSPS) is 15.3. The molecular formula is C27H25F6N7O3. The van der Waals surface area contributed by atoms with Gasteiger partial charge in [0.15, 0.2) is 17.4 Å². The van der Waals surface area contributed by atoms with Crippen LogP contribution in [0.1, 0.15) is 25.3 Å². The van der Waals surface area contributed by atoms with Crippen molar-refractivity contribution < 1.29 is 31.1 Å². The second-order valence-corrected chi connectivity index (χ2v) is 10.2. The van der Waals surface area contributed by atoms with Crippen molar-refractivity contribution in [3.8, 4) is 17.1 Å². The summed E-state index contributed by atoms with van der Waals surface area (Å²) in [6.07, 6.45) is -0.506. The van der Waals surface area contributed by atoms with Gasteiger partial charge in [0.25, 0.3) is 17.0 Å². The van der Waals surface area contributed by atoms with Crippen LogP contribution >= 0.6 is 0 Å². The molecule has 0 aliphatic carbocycles. The number of nitrogens with one attached hydrogen (secondary N) is 2. The minimum absolute atomic E-state index is 0.0341. The summed E-state index contributed by atoms with van der Waals surface area (Å²) in [5.74, 6) is -3.47. The van der Waals surface area contributed by atoms with Crippen LogP contribution in [0.25, 0.3) is 22.2 Å². The number of aryl methyl sites for hydroxylation is 1. The molecule has 0 amide bonds. The van der Waals surface area contributed by atoms with Crippen LogP contribution in [-0.2, 0) is 12.7 Å². The van der Waals surface area contributed by atoms with E-state index in [1.807, 2.05) is 0 Å². The number of ether oxygens (including phenoxy) is 1. The van der Waals surface area contributed by atoms with E-state index >= 15 is 4.39 Å². The Hall–Kier alpha value is -4.63. The fourth-order valence-corrected chi connectivity index (χ4v) is 4.87. The van der Waals surface area contributed by atoms with Crippen LogP contribution in [-0.4, -0.2) is 56.9 Å². The van der Waals surface area contributed by atoms with Crippen molar-refractivity contribution in [2.75, 3.05) is 30.4 Å². The third-order valence-electron chi connectivity index (χ3n) is 6.98. The largest absolute Gasteiger partial charge is 0.491 e. The number of hydrogen-bond acceptors (Lipinski definition) is 8. The number of hydrogen-bond donors (Lipinski definition) is 2. The molecule has 0 bridgehead atoms. The molecular weight excluding hydrogens is 584 g/mol. The van der Waals surface area contributed by atoms with Crippen molar-refractivity contribution in [3.05, 3.63) is 68.9 Å². The van der Waals surface area contributed by atoms with Gasteiger partial charge in [-0.25, -0.2) is 28.2 Å². The molecule has 0 spiro atoms. The van der Waals surface area contributed by atoms with Gasteiger partial charge < -0.3 is 19.5 Å². The molecule has 0 radical (unpaired) electrons. The Kier molecular flexibility index (Phi) is 7.79.